The molecule has 0 spiro atoms. The summed E-state index contributed by atoms with van der Waals surface area (Å²) in [5.41, 5.74) is 2.31. The molecule has 0 heterocycles. The zero-order valence-corrected chi connectivity index (χ0v) is 7.71. The summed E-state index contributed by atoms with van der Waals surface area (Å²) in [6, 6.07) is 8.03. The normalized spacial score (nSPS) is 9.31. The number of hydrogen-bond acceptors (Lipinski definition) is 1. The van der Waals surface area contributed by atoms with Crippen molar-refractivity contribution in [3.05, 3.63) is 48.0 Å². The highest BCUT2D eigenvalue weighted by molar-refractivity contribution is 5.86. The van der Waals surface area contributed by atoms with Crippen molar-refractivity contribution in [1.29, 1.82) is 0 Å². The molecule has 0 aliphatic carbocycles. The molecular formula is C11H13NO. The fraction of sp³-hybridized carbons (Fsp3) is 0.182. The van der Waals surface area contributed by atoms with E-state index in [-0.39, 0.29) is 5.91 Å². The molecule has 1 amide bonds. The summed E-state index contributed by atoms with van der Waals surface area (Å²) in [7, 11) is 0. The zero-order valence-electron chi connectivity index (χ0n) is 7.71. The second-order valence-corrected chi connectivity index (χ2v) is 2.91. The topological polar surface area (TPSA) is 29.1 Å². The van der Waals surface area contributed by atoms with Crippen molar-refractivity contribution in [1.82, 2.24) is 5.32 Å². The van der Waals surface area contributed by atoms with Crippen LogP contribution in [0.4, 0.5) is 0 Å². The molecule has 2 heteroatoms. The molecule has 1 N–H and O–H groups in total. The molecule has 0 saturated heterocycles. The summed E-state index contributed by atoms with van der Waals surface area (Å²) in [5, 5.41) is 2.72. The first-order valence-corrected chi connectivity index (χ1v) is 4.18. The fourth-order valence-electron chi connectivity index (χ4n) is 1.08. The molecule has 0 fully saturated rings. The highest BCUT2D eigenvalue weighted by Crippen LogP contribution is 2.02. The molecule has 0 radical (unpaired) electrons. The Hall–Kier alpha value is -1.57. The molecule has 13 heavy (non-hydrogen) atoms. The van der Waals surface area contributed by atoms with Crippen LogP contribution in [0.15, 0.2) is 36.9 Å². The Balaban J connectivity index is 2.54. The molecule has 1 aromatic carbocycles. The molecule has 2 nitrogen and oxygen atoms in total. The quantitative estimate of drug-likeness (QED) is 0.697. The lowest BCUT2D eigenvalue weighted by molar-refractivity contribution is -0.116. The Morgan fingerprint density at radius 3 is 3.00 bits per heavy atom. The lowest BCUT2D eigenvalue weighted by atomic mass is 10.1. The largest absolute Gasteiger partial charge is 0.348 e. The SMILES string of the molecule is C=CC(=O)NCc1cccc(C)c1. The van der Waals surface area contributed by atoms with Crippen LogP contribution in [0.25, 0.3) is 0 Å². The standard InChI is InChI=1S/C11H13NO/c1-3-11(13)12-8-10-6-4-5-9(2)7-10/h3-7H,1,8H2,2H3,(H,12,13). The Kier molecular flexibility index (Phi) is 3.26. The van der Waals surface area contributed by atoms with E-state index in [0.29, 0.717) is 6.54 Å². The van der Waals surface area contributed by atoms with Crippen molar-refractivity contribution < 1.29 is 4.79 Å². The Bertz CT molecular complexity index is 318. The van der Waals surface area contributed by atoms with Gasteiger partial charge in [-0.25, -0.2) is 0 Å². The van der Waals surface area contributed by atoms with E-state index in [4.69, 9.17) is 0 Å². The van der Waals surface area contributed by atoms with Gasteiger partial charge < -0.3 is 5.32 Å². The van der Waals surface area contributed by atoms with Gasteiger partial charge in [0.25, 0.3) is 0 Å². The Morgan fingerprint density at radius 1 is 1.62 bits per heavy atom. The number of rotatable bonds is 3. The van der Waals surface area contributed by atoms with Crippen LogP contribution in [-0.4, -0.2) is 5.91 Å². The number of amides is 1. The maximum atomic E-state index is 10.8. The van der Waals surface area contributed by atoms with Crippen LogP contribution >= 0.6 is 0 Å². The van der Waals surface area contributed by atoms with Crippen molar-refractivity contribution in [3.8, 4) is 0 Å². The van der Waals surface area contributed by atoms with Gasteiger partial charge in [0.2, 0.25) is 5.91 Å². The Labute approximate surface area is 78.3 Å². The van der Waals surface area contributed by atoms with Crippen LogP contribution in [-0.2, 0) is 11.3 Å². The molecule has 0 aliphatic rings. The smallest absolute Gasteiger partial charge is 0.243 e. The first-order chi connectivity index (χ1) is 6.22. The molecule has 1 aromatic rings. The van der Waals surface area contributed by atoms with Crippen molar-refractivity contribution in [2.24, 2.45) is 0 Å². The van der Waals surface area contributed by atoms with Gasteiger partial charge in [0.1, 0.15) is 0 Å². The van der Waals surface area contributed by atoms with E-state index in [1.54, 1.807) is 0 Å². The van der Waals surface area contributed by atoms with Crippen LogP contribution in [0.2, 0.25) is 0 Å². The van der Waals surface area contributed by atoms with Crippen LogP contribution in [0.1, 0.15) is 11.1 Å². The molecular weight excluding hydrogens is 162 g/mol. The summed E-state index contributed by atoms with van der Waals surface area (Å²) in [6.07, 6.45) is 1.27. The summed E-state index contributed by atoms with van der Waals surface area (Å²) in [5.74, 6) is -0.137. The minimum Gasteiger partial charge on any atom is -0.348 e. The second-order valence-electron chi connectivity index (χ2n) is 2.91. The van der Waals surface area contributed by atoms with E-state index in [1.165, 1.54) is 11.6 Å². The number of hydrogen-bond donors (Lipinski definition) is 1. The lowest BCUT2D eigenvalue weighted by Gasteiger charge is -2.02. The first kappa shape index (κ1) is 9.52. The molecule has 0 unspecified atom stereocenters. The van der Waals surface area contributed by atoms with E-state index in [0.717, 1.165) is 5.56 Å². The summed E-state index contributed by atoms with van der Waals surface area (Å²) in [6.45, 7) is 5.97. The van der Waals surface area contributed by atoms with Crippen molar-refractivity contribution in [2.45, 2.75) is 13.5 Å². The number of carbonyl (C=O) groups is 1. The number of nitrogens with one attached hydrogen (secondary N) is 1. The van der Waals surface area contributed by atoms with Gasteiger partial charge in [0, 0.05) is 6.54 Å². The van der Waals surface area contributed by atoms with E-state index in [1.807, 2.05) is 31.2 Å². The van der Waals surface area contributed by atoms with Gasteiger partial charge in [-0.1, -0.05) is 36.4 Å². The summed E-state index contributed by atoms with van der Waals surface area (Å²) >= 11 is 0. The third-order valence-electron chi connectivity index (χ3n) is 1.73. The fourth-order valence-corrected chi connectivity index (χ4v) is 1.08. The molecule has 0 aromatic heterocycles. The molecule has 0 atom stereocenters. The molecule has 0 aliphatic heterocycles. The van der Waals surface area contributed by atoms with Gasteiger partial charge in [-0.15, -0.1) is 0 Å². The van der Waals surface area contributed by atoms with E-state index < -0.39 is 0 Å². The highest BCUT2D eigenvalue weighted by Gasteiger charge is 1.95. The number of carbonyl (C=O) groups excluding carboxylic acids is 1. The van der Waals surface area contributed by atoms with Crippen LogP contribution in [0.3, 0.4) is 0 Å². The highest BCUT2D eigenvalue weighted by atomic mass is 16.1. The maximum Gasteiger partial charge on any atom is 0.243 e. The molecule has 1 rings (SSSR count). The predicted molar refractivity (Wildman–Crippen MR) is 53.2 cm³/mol. The molecule has 0 saturated carbocycles. The predicted octanol–water partition coefficient (Wildman–Crippen LogP) is 1.80. The third kappa shape index (κ3) is 3.11. The van der Waals surface area contributed by atoms with Crippen molar-refractivity contribution in [3.63, 3.8) is 0 Å². The van der Waals surface area contributed by atoms with Gasteiger partial charge in [0.05, 0.1) is 0 Å². The average Bonchev–Trinajstić information content (AvgIpc) is 2.14. The summed E-state index contributed by atoms with van der Waals surface area (Å²) in [4.78, 5) is 10.8. The first-order valence-electron chi connectivity index (χ1n) is 4.18. The minimum atomic E-state index is -0.137. The van der Waals surface area contributed by atoms with Gasteiger partial charge in [-0.05, 0) is 18.6 Å². The van der Waals surface area contributed by atoms with E-state index >= 15 is 0 Å². The lowest BCUT2D eigenvalue weighted by Crippen LogP contribution is -2.19. The monoisotopic (exact) mass is 175 g/mol. The summed E-state index contributed by atoms with van der Waals surface area (Å²) < 4.78 is 0. The molecule has 0 bridgehead atoms. The van der Waals surface area contributed by atoms with Gasteiger partial charge >= 0.3 is 0 Å². The zero-order chi connectivity index (χ0) is 9.68. The van der Waals surface area contributed by atoms with Gasteiger partial charge in [-0.3, -0.25) is 4.79 Å². The number of aryl methyl sites for hydroxylation is 1. The molecule has 68 valence electrons. The average molecular weight is 175 g/mol. The maximum absolute atomic E-state index is 10.8. The number of benzene rings is 1. The Morgan fingerprint density at radius 2 is 2.38 bits per heavy atom. The van der Waals surface area contributed by atoms with Crippen molar-refractivity contribution >= 4 is 5.91 Å². The van der Waals surface area contributed by atoms with Crippen LogP contribution in [0, 0.1) is 6.92 Å². The van der Waals surface area contributed by atoms with Crippen LogP contribution < -0.4 is 5.32 Å². The van der Waals surface area contributed by atoms with Crippen LogP contribution in [0.5, 0.6) is 0 Å². The second kappa shape index (κ2) is 4.45. The minimum absolute atomic E-state index is 0.137. The van der Waals surface area contributed by atoms with E-state index in [2.05, 4.69) is 11.9 Å². The van der Waals surface area contributed by atoms with Crippen molar-refractivity contribution in [2.75, 3.05) is 0 Å². The van der Waals surface area contributed by atoms with Gasteiger partial charge in [0.15, 0.2) is 0 Å². The van der Waals surface area contributed by atoms with E-state index in [9.17, 15) is 4.79 Å². The van der Waals surface area contributed by atoms with Gasteiger partial charge in [-0.2, -0.15) is 0 Å². The third-order valence-corrected chi connectivity index (χ3v) is 1.73.